The lowest BCUT2D eigenvalue weighted by atomic mass is 9.86. The van der Waals surface area contributed by atoms with Crippen LogP contribution in [-0.4, -0.2) is 14.8 Å². The van der Waals surface area contributed by atoms with Gasteiger partial charge in [0.05, 0.1) is 0 Å². The molecule has 0 N–H and O–H groups in total. The second-order valence-electron chi connectivity index (χ2n) is 9.65. The lowest BCUT2D eigenvalue weighted by Gasteiger charge is -2.19. The van der Waals surface area contributed by atoms with Crippen molar-refractivity contribution in [3.05, 3.63) is 108 Å². The van der Waals surface area contributed by atoms with E-state index in [-0.39, 0.29) is 5.41 Å². The maximum absolute atomic E-state index is 4.63. The molecule has 0 atom stereocenters. The Morgan fingerprint density at radius 3 is 2.19 bits per heavy atom. The van der Waals surface area contributed by atoms with Crippen LogP contribution in [-0.2, 0) is 11.8 Å². The van der Waals surface area contributed by atoms with Gasteiger partial charge >= 0.3 is 0 Å². The van der Waals surface area contributed by atoms with Crippen LogP contribution in [0.1, 0.15) is 71.8 Å². The molecule has 0 aliphatic heterocycles. The maximum Gasteiger partial charge on any atom is 0.168 e. The fourth-order valence-electron chi connectivity index (χ4n) is 3.90. The lowest BCUT2D eigenvalue weighted by Crippen LogP contribution is -2.10. The van der Waals surface area contributed by atoms with E-state index in [0.717, 1.165) is 23.6 Å². The summed E-state index contributed by atoms with van der Waals surface area (Å²) in [6, 6.07) is 19.2. The normalized spacial score (nSPS) is 12.5. The lowest BCUT2D eigenvalue weighted by molar-refractivity contribution is 0.590. The molecule has 1 aromatic heterocycles. The highest BCUT2D eigenvalue weighted by Crippen LogP contribution is 2.28. The highest BCUT2D eigenvalue weighted by molar-refractivity contribution is 5.73. The Labute approximate surface area is 224 Å². The summed E-state index contributed by atoms with van der Waals surface area (Å²) in [7, 11) is 0. The first-order valence-electron chi connectivity index (χ1n) is 12.9. The highest BCUT2D eigenvalue weighted by atomic mass is 15.3. The predicted molar refractivity (Wildman–Crippen MR) is 161 cm³/mol. The summed E-state index contributed by atoms with van der Waals surface area (Å²) in [6.07, 6.45) is 19.0. The summed E-state index contributed by atoms with van der Waals surface area (Å²) in [6.45, 7) is 14.6. The maximum atomic E-state index is 4.63. The largest absolute Gasteiger partial charge is 0.283 e. The SMILES string of the molecule is C#CC.C/C=C\C=C(/CC)n1c(C/C=C\C(=C/C)c2ccccc2)nnc1-c1ccc(C(C)(C)C)cc1. The standard InChI is InChI=1S/C31H37N3.C3H4/c1-7-10-18-28(9-3)34-29(19-14-17-24(8-2)25-15-12-11-13-16-25)32-33-30(34)26-20-22-27(23-21-26)31(4,5)6;1-3-2/h7-8,10-18,20-23H,9,19H2,1-6H3;1H,2H3/b10-7-,17-14-,24-8+,28-18+;. The molecule has 37 heavy (non-hydrogen) atoms. The summed E-state index contributed by atoms with van der Waals surface area (Å²) in [4.78, 5) is 0. The molecule has 0 saturated heterocycles. The van der Waals surface area contributed by atoms with Crippen LogP contribution < -0.4 is 0 Å². The van der Waals surface area contributed by atoms with Gasteiger partial charge in [-0.25, -0.2) is 0 Å². The van der Waals surface area contributed by atoms with E-state index >= 15 is 0 Å². The number of rotatable bonds is 8. The zero-order chi connectivity index (χ0) is 27.3. The van der Waals surface area contributed by atoms with E-state index < -0.39 is 0 Å². The minimum atomic E-state index is 0.117. The van der Waals surface area contributed by atoms with Gasteiger partial charge in [0.2, 0.25) is 0 Å². The van der Waals surface area contributed by atoms with Gasteiger partial charge in [0.1, 0.15) is 5.82 Å². The van der Waals surface area contributed by atoms with Crippen LogP contribution in [0.25, 0.3) is 22.7 Å². The Morgan fingerprint density at radius 1 is 1.00 bits per heavy atom. The molecule has 0 fully saturated rings. The monoisotopic (exact) mass is 491 g/mol. The molecule has 0 saturated carbocycles. The van der Waals surface area contributed by atoms with Crippen molar-refractivity contribution >= 4 is 11.3 Å². The first-order chi connectivity index (χ1) is 17.8. The Balaban J connectivity index is 0.00000153. The molecule has 0 radical (unpaired) electrons. The first kappa shape index (κ1) is 29.3. The Bertz CT molecular complexity index is 1270. The molecule has 2 aromatic carbocycles. The highest BCUT2D eigenvalue weighted by Gasteiger charge is 2.18. The third kappa shape index (κ3) is 8.33. The van der Waals surface area contributed by atoms with Crippen molar-refractivity contribution < 1.29 is 0 Å². The van der Waals surface area contributed by atoms with Gasteiger partial charge in [-0.05, 0) is 55.4 Å². The molecule has 3 heteroatoms. The van der Waals surface area contributed by atoms with E-state index in [0.29, 0.717) is 6.42 Å². The quantitative estimate of drug-likeness (QED) is 0.233. The fraction of sp³-hybridized carbons (Fsp3) is 0.294. The molecule has 0 amide bonds. The summed E-state index contributed by atoms with van der Waals surface area (Å²) in [5, 5.41) is 9.24. The number of hydrogen-bond acceptors (Lipinski definition) is 2. The minimum absolute atomic E-state index is 0.117. The average Bonchev–Trinajstić information content (AvgIpc) is 3.31. The van der Waals surface area contributed by atoms with Crippen molar-refractivity contribution in [1.82, 2.24) is 14.8 Å². The van der Waals surface area contributed by atoms with Gasteiger partial charge in [0.25, 0.3) is 0 Å². The Hall–Kier alpha value is -3.90. The Kier molecular flexibility index (Phi) is 11.6. The second kappa shape index (κ2) is 14.6. The molecular weight excluding hydrogens is 450 g/mol. The van der Waals surface area contributed by atoms with E-state index in [9.17, 15) is 0 Å². The number of allylic oxidation sites excluding steroid dienone is 8. The van der Waals surface area contributed by atoms with Gasteiger partial charge < -0.3 is 0 Å². The topological polar surface area (TPSA) is 30.7 Å². The zero-order valence-corrected chi connectivity index (χ0v) is 23.5. The van der Waals surface area contributed by atoms with E-state index in [1.165, 1.54) is 22.4 Å². The van der Waals surface area contributed by atoms with E-state index in [1.807, 2.05) is 13.0 Å². The van der Waals surface area contributed by atoms with Gasteiger partial charge in [-0.1, -0.05) is 113 Å². The third-order valence-electron chi connectivity index (χ3n) is 5.89. The molecule has 0 bridgehead atoms. The van der Waals surface area contributed by atoms with Crippen LogP contribution in [0.5, 0.6) is 0 Å². The first-order valence-corrected chi connectivity index (χ1v) is 12.9. The predicted octanol–water partition coefficient (Wildman–Crippen LogP) is 8.91. The summed E-state index contributed by atoms with van der Waals surface area (Å²) in [5.41, 5.74) is 6.09. The van der Waals surface area contributed by atoms with Crippen molar-refractivity contribution in [2.45, 2.75) is 66.7 Å². The van der Waals surface area contributed by atoms with Crippen LogP contribution in [0.3, 0.4) is 0 Å². The van der Waals surface area contributed by atoms with Gasteiger partial charge in [-0.2, -0.15) is 0 Å². The molecular formula is C34H41N3. The molecule has 0 aliphatic carbocycles. The number of terminal acetylenes is 1. The summed E-state index contributed by atoms with van der Waals surface area (Å²) in [5.74, 6) is 4.07. The van der Waals surface area contributed by atoms with Crippen molar-refractivity contribution in [3.8, 4) is 23.7 Å². The van der Waals surface area contributed by atoms with Crippen LogP contribution >= 0.6 is 0 Å². The smallest absolute Gasteiger partial charge is 0.168 e. The molecule has 0 aliphatic rings. The van der Waals surface area contributed by atoms with Gasteiger partial charge in [0, 0.05) is 17.7 Å². The molecule has 0 spiro atoms. The number of nitrogens with zero attached hydrogens (tertiary/aromatic N) is 3. The van der Waals surface area contributed by atoms with Crippen LogP contribution in [0.15, 0.2) is 91.1 Å². The number of hydrogen-bond donors (Lipinski definition) is 0. The van der Waals surface area contributed by atoms with E-state index in [4.69, 9.17) is 0 Å². The molecule has 192 valence electrons. The van der Waals surface area contributed by atoms with E-state index in [2.05, 4.69) is 147 Å². The van der Waals surface area contributed by atoms with Crippen LogP contribution in [0, 0.1) is 12.3 Å². The van der Waals surface area contributed by atoms with Gasteiger partial charge in [-0.3, -0.25) is 4.57 Å². The van der Waals surface area contributed by atoms with Gasteiger partial charge in [-0.15, -0.1) is 22.5 Å². The van der Waals surface area contributed by atoms with Crippen molar-refractivity contribution in [3.63, 3.8) is 0 Å². The molecule has 3 aromatic rings. The Morgan fingerprint density at radius 2 is 1.65 bits per heavy atom. The summed E-state index contributed by atoms with van der Waals surface area (Å²) >= 11 is 0. The minimum Gasteiger partial charge on any atom is -0.283 e. The average molecular weight is 492 g/mol. The second-order valence-corrected chi connectivity index (χ2v) is 9.65. The van der Waals surface area contributed by atoms with Crippen LogP contribution in [0.2, 0.25) is 0 Å². The van der Waals surface area contributed by atoms with Crippen molar-refractivity contribution in [1.29, 1.82) is 0 Å². The van der Waals surface area contributed by atoms with Crippen molar-refractivity contribution in [2.24, 2.45) is 0 Å². The molecule has 3 rings (SSSR count). The van der Waals surface area contributed by atoms with Crippen molar-refractivity contribution in [2.75, 3.05) is 0 Å². The molecule has 3 nitrogen and oxygen atoms in total. The zero-order valence-electron chi connectivity index (χ0n) is 23.5. The molecule has 1 heterocycles. The third-order valence-corrected chi connectivity index (χ3v) is 5.89. The number of aromatic nitrogens is 3. The van der Waals surface area contributed by atoms with E-state index in [1.54, 1.807) is 6.92 Å². The number of benzene rings is 2. The molecule has 0 unspecified atom stereocenters. The van der Waals surface area contributed by atoms with Gasteiger partial charge in [0.15, 0.2) is 5.82 Å². The summed E-state index contributed by atoms with van der Waals surface area (Å²) < 4.78 is 2.22. The fourth-order valence-corrected chi connectivity index (χ4v) is 3.90. The van der Waals surface area contributed by atoms with Crippen LogP contribution in [0.4, 0.5) is 0 Å².